The van der Waals surface area contributed by atoms with Crippen LogP contribution in [0, 0.1) is 13.8 Å². The highest BCUT2D eigenvalue weighted by Gasteiger charge is 2.14. The van der Waals surface area contributed by atoms with Gasteiger partial charge in [0.05, 0.1) is 0 Å². The van der Waals surface area contributed by atoms with Gasteiger partial charge in [-0.3, -0.25) is 4.99 Å². The van der Waals surface area contributed by atoms with E-state index < -0.39 is 0 Å². The highest BCUT2D eigenvalue weighted by atomic mass is 16.6. The number of aryl methyl sites for hydroxylation is 2. The predicted molar refractivity (Wildman–Crippen MR) is 97.8 cm³/mol. The van der Waals surface area contributed by atoms with Crippen molar-refractivity contribution in [3.8, 4) is 5.75 Å². The van der Waals surface area contributed by atoms with Crippen LogP contribution in [0.25, 0.3) is 0 Å². The van der Waals surface area contributed by atoms with Crippen LogP contribution in [-0.4, -0.2) is 25.7 Å². The second-order valence-electron chi connectivity index (χ2n) is 5.50. The highest BCUT2D eigenvalue weighted by Crippen LogP contribution is 2.19. The van der Waals surface area contributed by atoms with E-state index in [9.17, 15) is 0 Å². The van der Waals surface area contributed by atoms with E-state index >= 15 is 0 Å². The summed E-state index contributed by atoms with van der Waals surface area (Å²) in [5.74, 6) is 1.15. The van der Waals surface area contributed by atoms with Gasteiger partial charge in [-0.1, -0.05) is 35.5 Å². The number of benzene rings is 2. The molecule has 0 saturated carbocycles. The Balaban J connectivity index is 2.30. The first kappa shape index (κ1) is 17.5. The Kier molecular flexibility index (Phi) is 5.95. The fraction of sp³-hybridized carbons (Fsp3) is 0.263. The van der Waals surface area contributed by atoms with Crippen molar-refractivity contribution in [2.24, 2.45) is 15.9 Å². The highest BCUT2D eigenvalue weighted by molar-refractivity contribution is 6.47. The number of hydrogen-bond donors (Lipinski definition) is 1. The minimum absolute atomic E-state index is 0.315. The first-order valence-electron chi connectivity index (χ1n) is 7.68. The molecule has 0 aliphatic heterocycles. The van der Waals surface area contributed by atoms with Gasteiger partial charge in [0.25, 0.3) is 0 Å². The number of nitrogens with two attached hydrogens (primary N) is 1. The molecule has 0 heterocycles. The molecule has 0 bridgehead atoms. The summed E-state index contributed by atoms with van der Waals surface area (Å²) < 4.78 is 5.96. The van der Waals surface area contributed by atoms with E-state index in [0.717, 1.165) is 16.9 Å². The monoisotopic (exact) mass is 325 g/mol. The maximum atomic E-state index is 5.96. The summed E-state index contributed by atoms with van der Waals surface area (Å²) in [6, 6.07) is 13.9. The Morgan fingerprint density at radius 3 is 2.38 bits per heavy atom. The van der Waals surface area contributed by atoms with E-state index in [1.807, 2.05) is 36.4 Å². The molecule has 0 fully saturated rings. The average Bonchev–Trinajstić information content (AvgIpc) is 2.57. The maximum Gasteiger partial charge on any atom is 0.152 e. The van der Waals surface area contributed by atoms with Gasteiger partial charge in [0.1, 0.15) is 25.3 Å². The first-order valence-corrected chi connectivity index (χ1v) is 7.68. The number of oxime groups is 1. The minimum atomic E-state index is 0.315. The van der Waals surface area contributed by atoms with Crippen molar-refractivity contribution in [1.29, 1.82) is 0 Å². The van der Waals surface area contributed by atoms with Crippen LogP contribution in [0.5, 0.6) is 5.75 Å². The molecule has 2 aromatic rings. The molecule has 0 saturated heterocycles. The lowest BCUT2D eigenvalue weighted by atomic mass is 10.0. The van der Waals surface area contributed by atoms with Gasteiger partial charge in [0, 0.05) is 12.6 Å². The summed E-state index contributed by atoms with van der Waals surface area (Å²) in [6.45, 7) is 4.50. The van der Waals surface area contributed by atoms with Crippen LogP contribution in [0.15, 0.2) is 52.6 Å². The topological polar surface area (TPSA) is 69.2 Å². The summed E-state index contributed by atoms with van der Waals surface area (Å²) in [7, 11) is 3.10. The van der Waals surface area contributed by atoms with Gasteiger partial charge in [0.2, 0.25) is 0 Å². The predicted octanol–water partition coefficient (Wildman–Crippen LogP) is 3.22. The van der Waals surface area contributed by atoms with Crippen molar-refractivity contribution >= 4 is 11.5 Å². The third-order valence-corrected chi connectivity index (χ3v) is 3.53. The second kappa shape index (κ2) is 8.15. The summed E-state index contributed by atoms with van der Waals surface area (Å²) >= 11 is 0. The summed E-state index contributed by atoms with van der Waals surface area (Å²) in [6.07, 6.45) is 0. The number of aliphatic imine (C=N–C) groups is 1. The molecule has 0 amide bonds. The lowest BCUT2D eigenvalue weighted by Crippen LogP contribution is -2.26. The van der Waals surface area contributed by atoms with Crippen LogP contribution in [0.1, 0.15) is 22.3 Å². The SMILES string of the molecule is CN=C(N)C(=NOC)c1ccccc1COc1cc(C)cc(C)c1. The largest absolute Gasteiger partial charge is 0.489 e. The molecule has 2 rings (SSSR count). The average molecular weight is 325 g/mol. The molecule has 0 aromatic heterocycles. The quantitative estimate of drug-likeness (QED) is 0.504. The maximum absolute atomic E-state index is 5.96. The fourth-order valence-corrected chi connectivity index (χ4v) is 2.49. The summed E-state index contributed by atoms with van der Waals surface area (Å²) in [4.78, 5) is 8.93. The lowest BCUT2D eigenvalue weighted by molar-refractivity contribution is 0.214. The van der Waals surface area contributed by atoms with E-state index in [1.54, 1.807) is 7.05 Å². The second-order valence-corrected chi connectivity index (χ2v) is 5.50. The minimum Gasteiger partial charge on any atom is -0.489 e. The third kappa shape index (κ3) is 4.35. The first-order chi connectivity index (χ1) is 11.5. The zero-order valence-electron chi connectivity index (χ0n) is 14.5. The van der Waals surface area contributed by atoms with Crippen LogP contribution in [0.3, 0.4) is 0 Å². The van der Waals surface area contributed by atoms with Crippen molar-refractivity contribution in [2.45, 2.75) is 20.5 Å². The van der Waals surface area contributed by atoms with E-state index in [1.165, 1.54) is 18.2 Å². The van der Waals surface area contributed by atoms with Crippen molar-refractivity contribution in [3.63, 3.8) is 0 Å². The zero-order chi connectivity index (χ0) is 17.5. The van der Waals surface area contributed by atoms with Crippen LogP contribution in [0.2, 0.25) is 0 Å². The Morgan fingerprint density at radius 2 is 1.75 bits per heavy atom. The molecule has 2 aromatic carbocycles. The van der Waals surface area contributed by atoms with Crippen LogP contribution in [0.4, 0.5) is 0 Å². The molecule has 0 aliphatic rings. The fourth-order valence-electron chi connectivity index (χ4n) is 2.49. The Labute approximate surface area is 142 Å². The molecular weight excluding hydrogens is 302 g/mol. The van der Waals surface area contributed by atoms with Crippen molar-refractivity contribution in [1.82, 2.24) is 0 Å². The Morgan fingerprint density at radius 1 is 1.08 bits per heavy atom. The van der Waals surface area contributed by atoms with E-state index in [0.29, 0.717) is 18.2 Å². The van der Waals surface area contributed by atoms with E-state index in [-0.39, 0.29) is 0 Å². The lowest BCUT2D eigenvalue weighted by Gasteiger charge is -2.13. The van der Waals surface area contributed by atoms with Crippen LogP contribution >= 0.6 is 0 Å². The molecule has 0 spiro atoms. The Bertz CT molecular complexity index is 747. The molecule has 5 nitrogen and oxygen atoms in total. The summed E-state index contributed by atoms with van der Waals surface area (Å²) in [5.41, 5.74) is 10.6. The van der Waals surface area contributed by atoms with Gasteiger partial charge < -0.3 is 15.3 Å². The van der Waals surface area contributed by atoms with Gasteiger partial charge in [-0.2, -0.15) is 0 Å². The van der Waals surface area contributed by atoms with E-state index in [2.05, 4.69) is 30.1 Å². The molecule has 0 aliphatic carbocycles. The molecule has 0 radical (unpaired) electrons. The van der Waals surface area contributed by atoms with Crippen molar-refractivity contribution in [3.05, 3.63) is 64.7 Å². The van der Waals surface area contributed by atoms with Gasteiger partial charge in [-0.15, -0.1) is 0 Å². The molecule has 126 valence electrons. The van der Waals surface area contributed by atoms with Crippen molar-refractivity contribution in [2.75, 3.05) is 14.2 Å². The van der Waals surface area contributed by atoms with Crippen LogP contribution < -0.4 is 10.5 Å². The third-order valence-electron chi connectivity index (χ3n) is 3.53. The molecule has 0 unspecified atom stereocenters. The summed E-state index contributed by atoms with van der Waals surface area (Å²) in [5, 5.41) is 4.01. The zero-order valence-corrected chi connectivity index (χ0v) is 14.5. The van der Waals surface area contributed by atoms with Gasteiger partial charge in [-0.25, -0.2) is 0 Å². The molecule has 2 N–H and O–H groups in total. The van der Waals surface area contributed by atoms with Crippen molar-refractivity contribution < 1.29 is 9.57 Å². The van der Waals surface area contributed by atoms with E-state index in [4.69, 9.17) is 15.3 Å². The molecule has 0 atom stereocenters. The molecule has 24 heavy (non-hydrogen) atoms. The molecular formula is C19H23N3O2. The smallest absolute Gasteiger partial charge is 0.152 e. The van der Waals surface area contributed by atoms with Gasteiger partial charge in [0.15, 0.2) is 5.71 Å². The number of hydrogen-bond acceptors (Lipinski definition) is 4. The standard InChI is InChI=1S/C19H23N3O2/c1-13-9-14(2)11-16(10-13)24-12-15-7-5-6-8-17(15)18(22-23-4)19(20)21-3/h5-11H,12H2,1-4H3,(H2,20,21). The number of ether oxygens (including phenoxy) is 1. The number of amidine groups is 1. The number of nitrogens with zero attached hydrogens (tertiary/aromatic N) is 2. The Hall–Kier alpha value is -2.82. The number of rotatable bonds is 6. The molecule has 5 heteroatoms. The van der Waals surface area contributed by atoms with Gasteiger partial charge in [-0.05, 0) is 42.7 Å². The van der Waals surface area contributed by atoms with Crippen LogP contribution in [-0.2, 0) is 11.4 Å². The normalized spacial score (nSPS) is 12.2. The van der Waals surface area contributed by atoms with Gasteiger partial charge >= 0.3 is 0 Å².